The second-order valence-corrected chi connectivity index (χ2v) is 5.61. The van der Waals surface area contributed by atoms with Crippen molar-refractivity contribution < 1.29 is 4.79 Å². The summed E-state index contributed by atoms with van der Waals surface area (Å²) in [6.45, 7) is 1.48. The standard InChI is InChI=1S/C17H16N4O/c22-17(12-5-8-18-9-6-12)21-10-7-13(11-21)16-19-14-3-1-2-4-15(14)20-16/h1-6,8-9,13H,7,10-11H2,(H,19,20)/t13-/m0/s1. The summed E-state index contributed by atoms with van der Waals surface area (Å²) in [6.07, 6.45) is 4.25. The van der Waals surface area contributed by atoms with E-state index in [1.807, 2.05) is 29.2 Å². The number of rotatable bonds is 2. The van der Waals surface area contributed by atoms with Gasteiger partial charge in [-0.25, -0.2) is 4.98 Å². The normalized spacial score (nSPS) is 18.0. The minimum atomic E-state index is 0.0704. The first-order valence-electron chi connectivity index (χ1n) is 7.45. The van der Waals surface area contributed by atoms with E-state index in [4.69, 9.17) is 0 Å². The number of aromatic nitrogens is 3. The van der Waals surface area contributed by atoms with Gasteiger partial charge in [0.25, 0.3) is 5.91 Å². The first kappa shape index (κ1) is 13.0. The molecule has 1 fully saturated rings. The van der Waals surface area contributed by atoms with E-state index in [1.54, 1.807) is 24.5 Å². The van der Waals surface area contributed by atoms with Crippen molar-refractivity contribution in [3.8, 4) is 0 Å². The molecule has 22 heavy (non-hydrogen) atoms. The molecule has 1 N–H and O–H groups in total. The number of carbonyl (C=O) groups is 1. The van der Waals surface area contributed by atoms with Crippen molar-refractivity contribution in [2.45, 2.75) is 12.3 Å². The molecule has 0 spiro atoms. The third-order valence-corrected chi connectivity index (χ3v) is 4.20. The van der Waals surface area contributed by atoms with Crippen molar-refractivity contribution in [1.82, 2.24) is 19.9 Å². The van der Waals surface area contributed by atoms with E-state index >= 15 is 0 Å². The van der Waals surface area contributed by atoms with Crippen molar-refractivity contribution in [2.75, 3.05) is 13.1 Å². The van der Waals surface area contributed by atoms with Gasteiger partial charge in [-0.1, -0.05) is 12.1 Å². The van der Waals surface area contributed by atoms with E-state index in [2.05, 4.69) is 15.0 Å². The summed E-state index contributed by atoms with van der Waals surface area (Å²) in [7, 11) is 0. The molecule has 1 saturated heterocycles. The highest BCUT2D eigenvalue weighted by atomic mass is 16.2. The van der Waals surface area contributed by atoms with Crippen molar-refractivity contribution in [3.63, 3.8) is 0 Å². The number of likely N-dealkylation sites (tertiary alicyclic amines) is 1. The van der Waals surface area contributed by atoms with Crippen molar-refractivity contribution >= 4 is 16.9 Å². The van der Waals surface area contributed by atoms with Gasteiger partial charge in [0, 0.05) is 37.0 Å². The zero-order valence-corrected chi connectivity index (χ0v) is 12.1. The van der Waals surface area contributed by atoms with Crippen LogP contribution in [-0.2, 0) is 0 Å². The van der Waals surface area contributed by atoms with E-state index in [9.17, 15) is 4.79 Å². The zero-order valence-electron chi connectivity index (χ0n) is 12.1. The smallest absolute Gasteiger partial charge is 0.253 e. The molecular weight excluding hydrogens is 276 g/mol. The Kier molecular flexibility index (Phi) is 3.11. The number of hydrogen-bond acceptors (Lipinski definition) is 3. The molecule has 1 aliphatic rings. The molecular formula is C17H16N4O. The Morgan fingerprint density at radius 3 is 2.82 bits per heavy atom. The highest BCUT2D eigenvalue weighted by Crippen LogP contribution is 2.27. The molecule has 0 saturated carbocycles. The molecule has 4 rings (SSSR count). The number of nitrogens with one attached hydrogen (secondary N) is 1. The quantitative estimate of drug-likeness (QED) is 0.789. The number of amides is 1. The number of H-pyrrole nitrogens is 1. The van der Waals surface area contributed by atoms with Crippen LogP contribution in [0.4, 0.5) is 0 Å². The number of hydrogen-bond donors (Lipinski definition) is 1. The number of aromatic amines is 1. The Morgan fingerprint density at radius 2 is 2.00 bits per heavy atom. The van der Waals surface area contributed by atoms with Crippen molar-refractivity contribution in [2.24, 2.45) is 0 Å². The largest absolute Gasteiger partial charge is 0.342 e. The fraction of sp³-hybridized carbons (Fsp3) is 0.235. The zero-order chi connectivity index (χ0) is 14.9. The van der Waals surface area contributed by atoms with Crippen molar-refractivity contribution in [3.05, 3.63) is 60.2 Å². The van der Waals surface area contributed by atoms with Gasteiger partial charge in [-0.3, -0.25) is 9.78 Å². The molecule has 3 aromatic rings. The summed E-state index contributed by atoms with van der Waals surface area (Å²) < 4.78 is 0. The molecule has 5 heteroatoms. The Hall–Kier alpha value is -2.69. The van der Waals surface area contributed by atoms with E-state index in [0.29, 0.717) is 12.1 Å². The SMILES string of the molecule is O=C(c1ccncc1)N1CC[C@H](c2nc3ccccc3[nH]2)C1. The summed E-state index contributed by atoms with van der Waals surface area (Å²) in [4.78, 5) is 26.4. The molecule has 5 nitrogen and oxygen atoms in total. The van der Waals surface area contributed by atoms with Crippen LogP contribution in [0.5, 0.6) is 0 Å². The summed E-state index contributed by atoms with van der Waals surface area (Å²) in [5.41, 5.74) is 2.73. The van der Waals surface area contributed by atoms with Gasteiger partial charge >= 0.3 is 0 Å². The van der Waals surface area contributed by atoms with E-state index in [-0.39, 0.29) is 11.8 Å². The average Bonchev–Trinajstić information content (AvgIpc) is 3.21. The lowest BCUT2D eigenvalue weighted by molar-refractivity contribution is 0.0790. The molecule has 2 aromatic heterocycles. The molecule has 0 radical (unpaired) electrons. The number of fused-ring (bicyclic) bond motifs is 1. The number of nitrogens with zero attached hydrogens (tertiary/aromatic N) is 3. The number of pyridine rings is 1. The average molecular weight is 292 g/mol. The Labute approximate surface area is 128 Å². The number of benzene rings is 1. The first-order valence-corrected chi connectivity index (χ1v) is 7.45. The van der Waals surface area contributed by atoms with Crippen molar-refractivity contribution in [1.29, 1.82) is 0 Å². The second-order valence-electron chi connectivity index (χ2n) is 5.61. The molecule has 0 aliphatic carbocycles. The van der Waals surface area contributed by atoms with Gasteiger partial charge in [-0.05, 0) is 30.7 Å². The summed E-state index contributed by atoms with van der Waals surface area (Å²) in [5, 5.41) is 0. The summed E-state index contributed by atoms with van der Waals surface area (Å²) in [5.74, 6) is 1.32. The highest BCUT2D eigenvalue weighted by molar-refractivity contribution is 5.94. The predicted octanol–water partition coefficient (Wildman–Crippen LogP) is 2.59. The van der Waals surface area contributed by atoms with Crippen LogP contribution in [0.15, 0.2) is 48.8 Å². The van der Waals surface area contributed by atoms with Gasteiger partial charge in [0.05, 0.1) is 11.0 Å². The van der Waals surface area contributed by atoms with Gasteiger partial charge in [0.1, 0.15) is 5.82 Å². The van der Waals surface area contributed by atoms with Gasteiger partial charge in [0.15, 0.2) is 0 Å². The van der Waals surface area contributed by atoms with Crippen LogP contribution in [0.1, 0.15) is 28.5 Å². The molecule has 1 amide bonds. The molecule has 3 heterocycles. The third kappa shape index (κ3) is 2.24. The minimum absolute atomic E-state index is 0.0704. The van der Waals surface area contributed by atoms with E-state index < -0.39 is 0 Å². The lowest BCUT2D eigenvalue weighted by Gasteiger charge is -2.15. The number of para-hydroxylation sites is 2. The lowest BCUT2D eigenvalue weighted by Crippen LogP contribution is -2.28. The monoisotopic (exact) mass is 292 g/mol. The first-order chi connectivity index (χ1) is 10.8. The Balaban J connectivity index is 1.53. The molecule has 1 aromatic carbocycles. The minimum Gasteiger partial charge on any atom is -0.342 e. The van der Waals surface area contributed by atoms with Gasteiger partial charge in [-0.15, -0.1) is 0 Å². The van der Waals surface area contributed by atoms with Crippen LogP contribution in [0.3, 0.4) is 0 Å². The van der Waals surface area contributed by atoms with Gasteiger partial charge < -0.3 is 9.88 Å². The number of imidazole rings is 1. The predicted molar refractivity (Wildman–Crippen MR) is 83.6 cm³/mol. The lowest BCUT2D eigenvalue weighted by atomic mass is 10.1. The van der Waals surface area contributed by atoms with Crippen LogP contribution < -0.4 is 0 Å². The van der Waals surface area contributed by atoms with Crippen LogP contribution in [0.25, 0.3) is 11.0 Å². The fourth-order valence-electron chi connectivity index (χ4n) is 3.01. The van der Waals surface area contributed by atoms with E-state index in [0.717, 1.165) is 29.8 Å². The number of carbonyl (C=O) groups excluding carboxylic acids is 1. The molecule has 0 unspecified atom stereocenters. The molecule has 0 bridgehead atoms. The van der Waals surface area contributed by atoms with Crippen LogP contribution in [0.2, 0.25) is 0 Å². The highest BCUT2D eigenvalue weighted by Gasteiger charge is 2.29. The van der Waals surface area contributed by atoms with Gasteiger partial charge in [0.2, 0.25) is 0 Å². The van der Waals surface area contributed by atoms with Crippen LogP contribution in [0, 0.1) is 0 Å². The maximum atomic E-state index is 12.5. The maximum Gasteiger partial charge on any atom is 0.253 e. The molecule has 1 atom stereocenters. The van der Waals surface area contributed by atoms with Gasteiger partial charge in [-0.2, -0.15) is 0 Å². The topological polar surface area (TPSA) is 61.9 Å². The second kappa shape index (κ2) is 5.26. The molecule has 1 aliphatic heterocycles. The molecule has 110 valence electrons. The van der Waals surface area contributed by atoms with E-state index in [1.165, 1.54) is 0 Å². The summed E-state index contributed by atoms with van der Waals surface area (Å²) >= 11 is 0. The van der Waals surface area contributed by atoms with Crippen LogP contribution in [-0.4, -0.2) is 38.8 Å². The Bertz CT molecular complexity index is 779. The summed E-state index contributed by atoms with van der Waals surface area (Å²) in [6, 6.07) is 11.5. The maximum absolute atomic E-state index is 12.5. The third-order valence-electron chi connectivity index (χ3n) is 4.20. The fourth-order valence-corrected chi connectivity index (χ4v) is 3.01. The van der Waals surface area contributed by atoms with Crippen LogP contribution >= 0.6 is 0 Å². The Morgan fingerprint density at radius 1 is 1.18 bits per heavy atom.